The molecule has 144 valence electrons. The molecular formula is C24H36O2. The minimum atomic E-state index is -0.274. The van der Waals surface area contributed by atoms with Crippen LogP contribution in [0.4, 0.5) is 0 Å². The summed E-state index contributed by atoms with van der Waals surface area (Å²) in [5, 5.41) is 0. The number of esters is 1. The Labute approximate surface area is 158 Å². The van der Waals surface area contributed by atoms with Gasteiger partial charge in [-0.15, -0.1) is 0 Å². The number of rotatable bonds is 3. The smallest absolute Gasteiger partial charge is 0.312 e. The Morgan fingerprint density at radius 3 is 1.42 bits per heavy atom. The molecule has 0 atom stereocenters. The van der Waals surface area contributed by atoms with Crippen molar-refractivity contribution in [2.24, 2.45) is 46.3 Å². The second-order valence-corrected chi connectivity index (χ2v) is 12.3. The molecule has 8 rings (SSSR count). The number of carbonyl (C=O) groups excluding carboxylic acids is 1. The lowest BCUT2D eigenvalue weighted by Gasteiger charge is -2.62. The molecule has 0 spiro atoms. The SMILES string of the molecule is CC(C)(OC(=O)C12CC3CC(CC(C3)C1)C2)C12CC3CC(CC(C3)C1)C2. The van der Waals surface area contributed by atoms with E-state index in [0.29, 0.717) is 0 Å². The number of hydrogen-bond donors (Lipinski definition) is 0. The quantitative estimate of drug-likeness (QED) is 0.603. The molecule has 0 radical (unpaired) electrons. The normalized spacial score (nSPS) is 53.9. The molecule has 0 aromatic heterocycles. The summed E-state index contributed by atoms with van der Waals surface area (Å²) in [5.74, 6) is 5.40. The van der Waals surface area contributed by atoms with E-state index in [2.05, 4.69) is 13.8 Å². The van der Waals surface area contributed by atoms with Crippen LogP contribution in [0.15, 0.2) is 0 Å². The molecule has 0 saturated heterocycles. The number of ether oxygens (including phenoxy) is 1. The highest BCUT2D eigenvalue weighted by molar-refractivity contribution is 5.78. The molecule has 0 N–H and O–H groups in total. The lowest BCUT2D eigenvalue weighted by atomic mass is 9.45. The highest BCUT2D eigenvalue weighted by Crippen LogP contribution is 2.65. The number of hydrogen-bond acceptors (Lipinski definition) is 2. The average molecular weight is 357 g/mol. The Bertz CT molecular complexity index is 560. The zero-order valence-electron chi connectivity index (χ0n) is 16.8. The molecule has 0 aromatic rings. The van der Waals surface area contributed by atoms with E-state index in [0.717, 1.165) is 54.8 Å². The van der Waals surface area contributed by atoms with Crippen molar-refractivity contribution in [3.8, 4) is 0 Å². The molecular weight excluding hydrogens is 320 g/mol. The average Bonchev–Trinajstić information content (AvgIpc) is 2.51. The maximum absolute atomic E-state index is 13.6. The van der Waals surface area contributed by atoms with Gasteiger partial charge in [-0.1, -0.05) is 0 Å². The van der Waals surface area contributed by atoms with Crippen LogP contribution in [0.3, 0.4) is 0 Å². The molecule has 8 aliphatic rings. The van der Waals surface area contributed by atoms with E-state index in [1.54, 1.807) is 0 Å². The maximum Gasteiger partial charge on any atom is 0.312 e. The summed E-state index contributed by atoms with van der Waals surface area (Å²) in [5.41, 5.74) is -0.0998. The summed E-state index contributed by atoms with van der Waals surface area (Å²) in [6.45, 7) is 4.55. The zero-order chi connectivity index (χ0) is 17.7. The van der Waals surface area contributed by atoms with Gasteiger partial charge >= 0.3 is 5.97 Å². The molecule has 8 aliphatic carbocycles. The Morgan fingerprint density at radius 2 is 1.04 bits per heavy atom. The molecule has 0 aromatic carbocycles. The minimum Gasteiger partial charge on any atom is -0.459 e. The zero-order valence-corrected chi connectivity index (χ0v) is 16.8. The maximum atomic E-state index is 13.6. The summed E-state index contributed by atoms with van der Waals surface area (Å²) >= 11 is 0. The van der Waals surface area contributed by atoms with Gasteiger partial charge in [0, 0.05) is 5.41 Å². The Morgan fingerprint density at radius 1 is 0.692 bits per heavy atom. The van der Waals surface area contributed by atoms with Crippen LogP contribution in [0.2, 0.25) is 0 Å². The van der Waals surface area contributed by atoms with Gasteiger partial charge in [0.2, 0.25) is 0 Å². The largest absolute Gasteiger partial charge is 0.459 e. The first kappa shape index (κ1) is 16.4. The van der Waals surface area contributed by atoms with Gasteiger partial charge in [0.15, 0.2) is 0 Å². The van der Waals surface area contributed by atoms with E-state index >= 15 is 0 Å². The lowest BCUT2D eigenvalue weighted by molar-refractivity contribution is -0.216. The monoisotopic (exact) mass is 356 g/mol. The summed E-state index contributed by atoms with van der Waals surface area (Å²) in [6, 6.07) is 0. The van der Waals surface area contributed by atoms with Gasteiger partial charge < -0.3 is 4.74 Å². The molecule has 0 amide bonds. The van der Waals surface area contributed by atoms with Crippen molar-refractivity contribution < 1.29 is 9.53 Å². The second-order valence-electron chi connectivity index (χ2n) is 12.3. The summed E-state index contributed by atoms with van der Waals surface area (Å²) < 4.78 is 6.57. The minimum absolute atomic E-state index is 0.103. The van der Waals surface area contributed by atoms with Crippen molar-refractivity contribution >= 4 is 5.97 Å². The van der Waals surface area contributed by atoms with Gasteiger partial charge in [-0.3, -0.25) is 4.79 Å². The highest BCUT2D eigenvalue weighted by atomic mass is 16.6. The second kappa shape index (κ2) is 5.09. The van der Waals surface area contributed by atoms with E-state index in [-0.39, 0.29) is 22.4 Å². The van der Waals surface area contributed by atoms with Crippen LogP contribution < -0.4 is 0 Å². The first-order chi connectivity index (χ1) is 12.3. The van der Waals surface area contributed by atoms with Gasteiger partial charge in [-0.25, -0.2) is 0 Å². The van der Waals surface area contributed by atoms with Crippen LogP contribution in [0.1, 0.15) is 90.9 Å². The van der Waals surface area contributed by atoms with Crippen LogP contribution >= 0.6 is 0 Å². The van der Waals surface area contributed by atoms with Gasteiger partial charge in [0.1, 0.15) is 5.60 Å². The molecule has 0 aliphatic heterocycles. The van der Waals surface area contributed by atoms with Gasteiger partial charge in [0.25, 0.3) is 0 Å². The molecule has 2 heteroatoms. The van der Waals surface area contributed by atoms with Crippen LogP contribution in [0.25, 0.3) is 0 Å². The Kier molecular flexibility index (Phi) is 3.21. The van der Waals surface area contributed by atoms with Gasteiger partial charge in [0.05, 0.1) is 5.41 Å². The molecule has 0 heterocycles. The summed E-state index contributed by atoms with van der Waals surface area (Å²) in [6.07, 6.45) is 15.9. The first-order valence-electron chi connectivity index (χ1n) is 11.6. The third-order valence-electron chi connectivity index (χ3n) is 10.1. The standard InChI is InChI=1S/C24H36O2/c1-22(2,24-12-18-6-19(13-24)8-20(7-18)14-24)26-21(25)23-9-15-3-16(10-23)5-17(4-15)11-23/h15-20H,3-14H2,1-2H3. The predicted molar refractivity (Wildman–Crippen MR) is 101 cm³/mol. The molecule has 26 heavy (non-hydrogen) atoms. The predicted octanol–water partition coefficient (Wildman–Crippen LogP) is 5.74. The van der Waals surface area contributed by atoms with E-state index in [1.807, 2.05) is 0 Å². The van der Waals surface area contributed by atoms with Crippen molar-refractivity contribution in [3.63, 3.8) is 0 Å². The topological polar surface area (TPSA) is 26.3 Å². The van der Waals surface area contributed by atoms with E-state index in [1.165, 1.54) is 57.8 Å². The fourth-order valence-electron chi connectivity index (χ4n) is 9.66. The molecule has 0 unspecified atom stereocenters. The van der Waals surface area contributed by atoms with E-state index in [4.69, 9.17) is 4.74 Å². The number of carbonyl (C=O) groups is 1. The van der Waals surface area contributed by atoms with Crippen molar-refractivity contribution in [2.75, 3.05) is 0 Å². The van der Waals surface area contributed by atoms with Gasteiger partial charge in [-0.05, 0) is 126 Å². The van der Waals surface area contributed by atoms with E-state index < -0.39 is 0 Å². The van der Waals surface area contributed by atoms with Crippen LogP contribution in [-0.2, 0) is 9.53 Å². The van der Waals surface area contributed by atoms with Crippen LogP contribution in [0.5, 0.6) is 0 Å². The van der Waals surface area contributed by atoms with Gasteiger partial charge in [-0.2, -0.15) is 0 Å². The van der Waals surface area contributed by atoms with Crippen molar-refractivity contribution in [1.82, 2.24) is 0 Å². The van der Waals surface area contributed by atoms with Crippen LogP contribution in [-0.4, -0.2) is 11.6 Å². The molecule has 8 fully saturated rings. The third-order valence-corrected chi connectivity index (χ3v) is 10.1. The fraction of sp³-hybridized carbons (Fsp3) is 0.958. The van der Waals surface area contributed by atoms with Crippen molar-refractivity contribution in [3.05, 3.63) is 0 Å². The van der Waals surface area contributed by atoms with Crippen molar-refractivity contribution in [2.45, 2.75) is 96.5 Å². The van der Waals surface area contributed by atoms with E-state index in [9.17, 15) is 4.79 Å². The lowest BCUT2D eigenvalue weighted by Crippen LogP contribution is -2.59. The molecule has 2 nitrogen and oxygen atoms in total. The van der Waals surface area contributed by atoms with Crippen LogP contribution in [0, 0.1) is 46.3 Å². The molecule has 8 bridgehead atoms. The molecule has 8 saturated carbocycles. The van der Waals surface area contributed by atoms with Crippen molar-refractivity contribution in [1.29, 1.82) is 0 Å². The fourth-order valence-corrected chi connectivity index (χ4v) is 9.66. The third kappa shape index (κ3) is 2.20. The Hall–Kier alpha value is -0.530. The summed E-state index contributed by atoms with van der Waals surface area (Å²) in [4.78, 5) is 13.6. The summed E-state index contributed by atoms with van der Waals surface area (Å²) in [7, 11) is 0. The highest BCUT2D eigenvalue weighted by Gasteiger charge is 2.61. The first-order valence-corrected chi connectivity index (χ1v) is 11.6. The Balaban J connectivity index is 1.25.